The molecule has 8 heteroatoms. The number of amides is 2. The molecule has 3 aromatic rings. The molecular formula is C22H19N3O5. The van der Waals surface area contributed by atoms with Gasteiger partial charge >= 0.3 is 5.69 Å². The molecule has 2 N–H and O–H groups in total. The number of nitro benzene ring substituents is 1. The third-order valence-corrected chi connectivity index (χ3v) is 4.11. The number of nitrogens with zero attached hydrogens (tertiary/aromatic N) is 1. The van der Waals surface area contributed by atoms with E-state index in [1.54, 1.807) is 30.3 Å². The summed E-state index contributed by atoms with van der Waals surface area (Å²) in [6.45, 7) is 1.52. The van der Waals surface area contributed by atoms with Crippen LogP contribution in [0.4, 0.5) is 17.1 Å². The minimum absolute atomic E-state index is 0.00364. The van der Waals surface area contributed by atoms with Crippen molar-refractivity contribution in [2.24, 2.45) is 0 Å². The predicted molar refractivity (Wildman–Crippen MR) is 113 cm³/mol. The van der Waals surface area contributed by atoms with E-state index in [2.05, 4.69) is 10.6 Å². The number of ether oxygens (including phenoxy) is 1. The van der Waals surface area contributed by atoms with Crippen LogP contribution >= 0.6 is 0 Å². The SMILES string of the molecule is Cc1cccc(NC(=O)c2cccc(NC(=O)COc3ccccc3[N+](=O)[O-])c2)c1. The Kier molecular flexibility index (Phi) is 6.39. The van der Waals surface area contributed by atoms with E-state index in [4.69, 9.17) is 4.74 Å². The fourth-order valence-electron chi connectivity index (χ4n) is 2.73. The molecule has 0 bridgehead atoms. The van der Waals surface area contributed by atoms with Gasteiger partial charge in [-0.25, -0.2) is 0 Å². The molecule has 0 fully saturated rings. The number of aryl methyl sites for hydroxylation is 1. The zero-order valence-corrected chi connectivity index (χ0v) is 16.1. The summed E-state index contributed by atoms with van der Waals surface area (Å²) in [5.41, 5.74) is 2.25. The number of benzene rings is 3. The van der Waals surface area contributed by atoms with Crippen molar-refractivity contribution in [1.29, 1.82) is 0 Å². The normalized spacial score (nSPS) is 10.2. The van der Waals surface area contributed by atoms with Crippen LogP contribution in [0.25, 0.3) is 0 Å². The molecule has 2 amide bonds. The molecule has 152 valence electrons. The van der Waals surface area contributed by atoms with Crippen molar-refractivity contribution in [2.75, 3.05) is 17.2 Å². The summed E-state index contributed by atoms with van der Waals surface area (Å²) in [7, 11) is 0. The quantitative estimate of drug-likeness (QED) is 0.453. The second kappa shape index (κ2) is 9.33. The van der Waals surface area contributed by atoms with E-state index in [-0.39, 0.29) is 17.3 Å². The van der Waals surface area contributed by atoms with Crippen LogP contribution in [0.2, 0.25) is 0 Å². The molecule has 0 saturated heterocycles. The molecule has 0 unspecified atom stereocenters. The average Bonchev–Trinajstić information content (AvgIpc) is 2.72. The smallest absolute Gasteiger partial charge is 0.310 e. The molecule has 0 aliphatic rings. The zero-order valence-electron chi connectivity index (χ0n) is 16.1. The van der Waals surface area contributed by atoms with Gasteiger partial charge in [0.25, 0.3) is 11.8 Å². The third-order valence-electron chi connectivity index (χ3n) is 4.11. The van der Waals surface area contributed by atoms with Crippen molar-refractivity contribution in [3.63, 3.8) is 0 Å². The summed E-state index contributed by atoms with van der Waals surface area (Å²) in [6, 6.07) is 19.7. The number of rotatable bonds is 7. The Bertz CT molecular complexity index is 1100. The van der Waals surface area contributed by atoms with Crippen LogP contribution in [0.15, 0.2) is 72.8 Å². The topological polar surface area (TPSA) is 111 Å². The Morgan fingerprint density at radius 2 is 1.63 bits per heavy atom. The molecular weight excluding hydrogens is 386 g/mol. The van der Waals surface area contributed by atoms with Crippen LogP contribution in [0, 0.1) is 17.0 Å². The van der Waals surface area contributed by atoms with E-state index in [0.29, 0.717) is 16.9 Å². The summed E-state index contributed by atoms with van der Waals surface area (Å²) in [6.07, 6.45) is 0. The van der Waals surface area contributed by atoms with E-state index >= 15 is 0 Å². The van der Waals surface area contributed by atoms with Crippen molar-refractivity contribution in [3.05, 3.63) is 94.0 Å². The minimum atomic E-state index is -0.580. The zero-order chi connectivity index (χ0) is 21.5. The van der Waals surface area contributed by atoms with Crippen LogP contribution in [0.5, 0.6) is 5.75 Å². The Balaban J connectivity index is 1.61. The highest BCUT2D eigenvalue weighted by molar-refractivity contribution is 6.05. The molecule has 8 nitrogen and oxygen atoms in total. The second-order valence-electron chi connectivity index (χ2n) is 6.47. The van der Waals surface area contributed by atoms with Crippen LogP contribution in [-0.2, 0) is 4.79 Å². The lowest BCUT2D eigenvalue weighted by atomic mass is 10.1. The fourth-order valence-corrected chi connectivity index (χ4v) is 2.73. The number of carbonyl (C=O) groups is 2. The molecule has 0 heterocycles. The predicted octanol–water partition coefficient (Wildman–Crippen LogP) is 4.17. The molecule has 0 radical (unpaired) electrons. The number of nitro groups is 1. The first-order valence-electron chi connectivity index (χ1n) is 9.06. The Morgan fingerprint density at radius 1 is 0.933 bits per heavy atom. The molecule has 0 aliphatic heterocycles. The van der Waals surface area contributed by atoms with E-state index in [9.17, 15) is 19.7 Å². The van der Waals surface area contributed by atoms with Gasteiger partial charge in [0.15, 0.2) is 12.4 Å². The molecule has 3 aromatic carbocycles. The second-order valence-corrected chi connectivity index (χ2v) is 6.47. The van der Waals surface area contributed by atoms with Gasteiger partial charge in [-0.2, -0.15) is 0 Å². The molecule has 0 aliphatic carbocycles. The van der Waals surface area contributed by atoms with Gasteiger partial charge in [-0.05, 0) is 48.9 Å². The van der Waals surface area contributed by atoms with Crippen molar-refractivity contribution >= 4 is 28.9 Å². The molecule has 0 saturated carbocycles. The van der Waals surface area contributed by atoms with Crippen molar-refractivity contribution in [1.82, 2.24) is 0 Å². The first kappa shape index (κ1) is 20.5. The molecule has 0 spiro atoms. The molecule has 0 atom stereocenters. The van der Waals surface area contributed by atoms with Gasteiger partial charge in [0.1, 0.15) is 0 Å². The fraction of sp³-hybridized carbons (Fsp3) is 0.0909. The summed E-state index contributed by atoms with van der Waals surface area (Å²) >= 11 is 0. The van der Waals surface area contributed by atoms with Crippen LogP contribution < -0.4 is 15.4 Å². The van der Waals surface area contributed by atoms with Crippen molar-refractivity contribution < 1.29 is 19.2 Å². The highest BCUT2D eigenvalue weighted by atomic mass is 16.6. The van der Waals surface area contributed by atoms with E-state index in [1.807, 2.05) is 25.1 Å². The van der Waals surface area contributed by atoms with Crippen molar-refractivity contribution in [3.8, 4) is 5.75 Å². The summed E-state index contributed by atoms with van der Waals surface area (Å²) in [4.78, 5) is 35.0. The molecule has 0 aromatic heterocycles. The highest BCUT2D eigenvalue weighted by Gasteiger charge is 2.15. The first-order chi connectivity index (χ1) is 14.4. The van der Waals surface area contributed by atoms with E-state index in [1.165, 1.54) is 24.3 Å². The summed E-state index contributed by atoms with van der Waals surface area (Å²) in [5.74, 6) is -0.818. The number of carbonyl (C=O) groups excluding carboxylic acids is 2. The first-order valence-corrected chi connectivity index (χ1v) is 9.06. The maximum absolute atomic E-state index is 12.5. The molecule has 3 rings (SSSR count). The van der Waals surface area contributed by atoms with Gasteiger partial charge in [-0.1, -0.05) is 30.3 Å². The van der Waals surface area contributed by atoms with Gasteiger partial charge < -0.3 is 15.4 Å². The lowest BCUT2D eigenvalue weighted by Crippen LogP contribution is -2.21. The maximum Gasteiger partial charge on any atom is 0.310 e. The van der Waals surface area contributed by atoms with Gasteiger partial charge in [-0.3, -0.25) is 19.7 Å². The summed E-state index contributed by atoms with van der Waals surface area (Å²) < 4.78 is 5.27. The van der Waals surface area contributed by atoms with Gasteiger partial charge in [0.05, 0.1) is 4.92 Å². The third kappa shape index (κ3) is 5.41. The number of hydrogen-bond donors (Lipinski definition) is 2. The van der Waals surface area contributed by atoms with Crippen LogP contribution in [0.1, 0.15) is 15.9 Å². The molecule has 30 heavy (non-hydrogen) atoms. The largest absolute Gasteiger partial charge is 0.477 e. The van der Waals surface area contributed by atoms with Crippen LogP contribution in [0.3, 0.4) is 0 Å². The lowest BCUT2D eigenvalue weighted by Gasteiger charge is -2.10. The number of para-hydroxylation sites is 2. The van der Waals surface area contributed by atoms with Crippen molar-refractivity contribution in [2.45, 2.75) is 6.92 Å². The number of anilines is 2. The lowest BCUT2D eigenvalue weighted by molar-refractivity contribution is -0.385. The van der Waals surface area contributed by atoms with E-state index < -0.39 is 17.4 Å². The van der Waals surface area contributed by atoms with E-state index in [0.717, 1.165) is 5.56 Å². The van der Waals surface area contributed by atoms with Gasteiger partial charge in [-0.15, -0.1) is 0 Å². The standard InChI is InChI=1S/C22H19N3O5/c1-15-6-4-8-17(12-15)24-22(27)16-7-5-9-18(13-16)23-21(26)14-30-20-11-3-2-10-19(20)25(28)29/h2-13H,14H2,1H3,(H,23,26)(H,24,27). The monoisotopic (exact) mass is 405 g/mol. The number of nitrogens with one attached hydrogen (secondary N) is 2. The highest BCUT2D eigenvalue weighted by Crippen LogP contribution is 2.25. The van der Waals surface area contributed by atoms with Gasteiger partial charge in [0, 0.05) is 23.0 Å². The maximum atomic E-state index is 12.5. The Morgan fingerprint density at radius 3 is 2.37 bits per heavy atom. The average molecular weight is 405 g/mol. The number of hydrogen-bond acceptors (Lipinski definition) is 5. The van der Waals surface area contributed by atoms with Gasteiger partial charge in [0.2, 0.25) is 0 Å². The Hall–Kier alpha value is -4.20. The minimum Gasteiger partial charge on any atom is -0.477 e. The van der Waals surface area contributed by atoms with Crippen LogP contribution in [-0.4, -0.2) is 23.3 Å². The summed E-state index contributed by atoms with van der Waals surface area (Å²) in [5, 5.41) is 16.4. The Labute approximate surface area is 172 Å².